The van der Waals surface area contributed by atoms with E-state index in [9.17, 15) is 5.26 Å². The maximum absolute atomic E-state index is 9.28. The predicted octanol–water partition coefficient (Wildman–Crippen LogP) is 2.51. The molecule has 4 nitrogen and oxygen atoms in total. The summed E-state index contributed by atoms with van der Waals surface area (Å²) >= 11 is 0. The van der Waals surface area contributed by atoms with E-state index in [1.54, 1.807) is 0 Å². The van der Waals surface area contributed by atoms with E-state index < -0.39 is 5.54 Å². The van der Waals surface area contributed by atoms with Crippen molar-refractivity contribution in [2.75, 3.05) is 6.54 Å². The minimum absolute atomic E-state index is 0.441. The molecular formula is C14H24N4. The van der Waals surface area contributed by atoms with Crippen molar-refractivity contribution in [3.63, 3.8) is 0 Å². The third-order valence-electron chi connectivity index (χ3n) is 3.14. The van der Waals surface area contributed by atoms with Crippen LogP contribution in [-0.4, -0.2) is 21.6 Å². The summed E-state index contributed by atoms with van der Waals surface area (Å²) in [5.41, 5.74) is -0.441. The van der Waals surface area contributed by atoms with E-state index in [4.69, 9.17) is 0 Å². The monoisotopic (exact) mass is 248 g/mol. The topological polar surface area (TPSA) is 53.6 Å². The molecule has 0 aromatic carbocycles. The first kappa shape index (κ1) is 14.7. The molecule has 0 saturated carbocycles. The van der Waals surface area contributed by atoms with Crippen LogP contribution >= 0.6 is 0 Å². The molecule has 0 aliphatic rings. The van der Waals surface area contributed by atoms with Crippen molar-refractivity contribution in [3.8, 4) is 6.07 Å². The molecule has 0 aliphatic heterocycles. The van der Waals surface area contributed by atoms with Gasteiger partial charge in [-0.2, -0.15) is 5.26 Å². The van der Waals surface area contributed by atoms with E-state index in [1.807, 2.05) is 19.3 Å². The van der Waals surface area contributed by atoms with Crippen molar-refractivity contribution in [2.24, 2.45) is 0 Å². The fourth-order valence-electron chi connectivity index (χ4n) is 1.92. The summed E-state index contributed by atoms with van der Waals surface area (Å²) < 4.78 is 2.16. The highest BCUT2D eigenvalue weighted by molar-refractivity contribution is 5.04. The van der Waals surface area contributed by atoms with Crippen molar-refractivity contribution >= 4 is 0 Å². The quantitative estimate of drug-likeness (QED) is 0.769. The van der Waals surface area contributed by atoms with Crippen LogP contribution in [0.3, 0.4) is 0 Å². The van der Waals surface area contributed by atoms with Gasteiger partial charge in [-0.1, -0.05) is 13.8 Å². The Balaban J connectivity index is 2.57. The molecule has 0 fully saturated rings. The summed E-state index contributed by atoms with van der Waals surface area (Å²) in [5, 5.41) is 12.6. The molecular weight excluding hydrogens is 224 g/mol. The molecule has 1 atom stereocenters. The molecule has 0 amide bonds. The normalized spacial score (nSPS) is 14.1. The maximum Gasteiger partial charge on any atom is 0.108 e. The average Bonchev–Trinajstić information content (AvgIpc) is 2.82. The first-order valence-corrected chi connectivity index (χ1v) is 6.81. The molecule has 1 rings (SSSR count). The van der Waals surface area contributed by atoms with Crippen molar-refractivity contribution in [2.45, 2.75) is 58.5 Å². The van der Waals surface area contributed by atoms with E-state index in [0.29, 0.717) is 0 Å². The number of hydrogen-bond acceptors (Lipinski definition) is 3. The zero-order valence-electron chi connectivity index (χ0n) is 11.7. The lowest BCUT2D eigenvalue weighted by Gasteiger charge is -2.23. The number of imidazole rings is 1. The lowest BCUT2D eigenvalue weighted by molar-refractivity contribution is 0.389. The van der Waals surface area contributed by atoms with E-state index in [2.05, 4.69) is 34.8 Å². The van der Waals surface area contributed by atoms with Crippen molar-refractivity contribution in [3.05, 3.63) is 18.2 Å². The van der Waals surface area contributed by atoms with Crippen molar-refractivity contribution in [1.29, 1.82) is 5.26 Å². The molecule has 0 radical (unpaired) electrons. The molecule has 0 bridgehead atoms. The number of nitrogens with one attached hydrogen (secondary N) is 1. The zero-order valence-corrected chi connectivity index (χ0v) is 11.7. The zero-order chi connectivity index (χ0) is 13.4. The fraction of sp³-hybridized carbons (Fsp3) is 0.714. The molecule has 0 saturated heterocycles. The van der Waals surface area contributed by atoms with Crippen LogP contribution in [0.1, 0.15) is 45.9 Å². The van der Waals surface area contributed by atoms with E-state index in [0.717, 1.165) is 44.6 Å². The first-order valence-electron chi connectivity index (χ1n) is 6.81. The number of hydrogen-bond donors (Lipinski definition) is 1. The third kappa shape index (κ3) is 4.15. The third-order valence-corrected chi connectivity index (χ3v) is 3.14. The van der Waals surface area contributed by atoms with Crippen LogP contribution in [0.25, 0.3) is 0 Å². The van der Waals surface area contributed by atoms with Gasteiger partial charge in [0.25, 0.3) is 0 Å². The smallest absolute Gasteiger partial charge is 0.108 e. The van der Waals surface area contributed by atoms with Crippen LogP contribution < -0.4 is 5.32 Å². The van der Waals surface area contributed by atoms with Gasteiger partial charge in [-0.3, -0.25) is 5.32 Å². The summed E-state index contributed by atoms with van der Waals surface area (Å²) in [4.78, 5) is 4.35. The standard InChI is InChI=1S/C14H24N4/c1-4-6-13-16-9-11-18(13)10-7-14(3,12-15)17-8-5-2/h9,11,17H,4-8,10H2,1-3H3. The number of aryl methyl sites for hydroxylation is 2. The Hall–Kier alpha value is -1.34. The molecule has 0 spiro atoms. The minimum Gasteiger partial charge on any atom is -0.335 e. The van der Waals surface area contributed by atoms with Crippen LogP contribution in [-0.2, 0) is 13.0 Å². The number of rotatable bonds is 8. The van der Waals surface area contributed by atoms with Gasteiger partial charge >= 0.3 is 0 Å². The number of nitriles is 1. The van der Waals surface area contributed by atoms with Crippen molar-refractivity contribution < 1.29 is 0 Å². The van der Waals surface area contributed by atoms with Gasteiger partial charge in [0.05, 0.1) is 6.07 Å². The summed E-state index contributed by atoms with van der Waals surface area (Å²) in [6, 6.07) is 2.38. The lowest BCUT2D eigenvalue weighted by atomic mass is 9.99. The highest BCUT2D eigenvalue weighted by atomic mass is 15.1. The van der Waals surface area contributed by atoms with E-state index in [1.165, 1.54) is 0 Å². The molecule has 0 aliphatic carbocycles. The highest BCUT2D eigenvalue weighted by Crippen LogP contribution is 2.12. The fourth-order valence-corrected chi connectivity index (χ4v) is 1.92. The molecule has 1 aromatic heterocycles. The van der Waals surface area contributed by atoms with Gasteiger partial charge in [-0.05, 0) is 32.7 Å². The van der Waals surface area contributed by atoms with Gasteiger partial charge in [-0.25, -0.2) is 4.98 Å². The second-order valence-electron chi connectivity index (χ2n) is 4.91. The van der Waals surface area contributed by atoms with E-state index >= 15 is 0 Å². The SMILES string of the molecule is CCCNC(C)(C#N)CCn1ccnc1CCC. The van der Waals surface area contributed by atoms with Crippen LogP contribution in [0.2, 0.25) is 0 Å². The summed E-state index contributed by atoms with van der Waals surface area (Å²) in [5.74, 6) is 1.12. The Morgan fingerprint density at radius 2 is 2.22 bits per heavy atom. The van der Waals surface area contributed by atoms with Gasteiger partial charge < -0.3 is 4.57 Å². The molecule has 1 N–H and O–H groups in total. The Kier molecular flexibility index (Phi) is 5.87. The summed E-state index contributed by atoms with van der Waals surface area (Å²) in [6.07, 6.45) is 7.79. The van der Waals surface area contributed by atoms with Crippen LogP contribution in [0, 0.1) is 11.3 Å². The average molecular weight is 248 g/mol. The largest absolute Gasteiger partial charge is 0.335 e. The second kappa shape index (κ2) is 7.17. The van der Waals surface area contributed by atoms with Gasteiger partial charge in [-0.15, -0.1) is 0 Å². The van der Waals surface area contributed by atoms with E-state index in [-0.39, 0.29) is 0 Å². The minimum atomic E-state index is -0.441. The predicted molar refractivity (Wildman–Crippen MR) is 73.2 cm³/mol. The Morgan fingerprint density at radius 3 is 2.83 bits per heavy atom. The van der Waals surface area contributed by atoms with Crippen LogP contribution in [0.15, 0.2) is 12.4 Å². The molecule has 4 heteroatoms. The van der Waals surface area contributed by atoms with Gasteiger partial charge in [0.15, 0.2) is 0 Å². The van der Waals surface area contributed by atoms with Crippen molar-refractivity contribution in [1.82, 2.24) is 14.9 Å². The number of aromatic nitrogens is 2. The molecule has 1 unspecified atom stereocenters. The maximum atomic E-state index is 9.28. The molecule has 1 heterocycles. The lowest BCUT2D eigenvalue weighted by Crippen LogP contribution is -2.42. The number of nitrogens with zero attached hydrogens (tertiary/aromatic N) is 3. The second-order valence-corrected chi connectivity index (χ2v) is 4.91. The Labute approximate surface area is 110 Å². The molecule has 1 aromatic rings. The highest BCUT2D eigenvalue weighted by Gasteiger charge is 2.22. The summed E-state index contributed by atoms with van der Waals surface area (Å²) in [6.45, 7) is 7.96. The molecule has 18 heavy (non-hydrogen) atoms. The van der Waals surface area contributed by atoms with Gasteiger partial charge in [0.1, 0.15) is 11.4 Å². The Bertz CT molecular complexity index is 391. The first-order chi connectivity index (χ1) is 8.65. The van der Waals surface area contributed by atoms with Gasteiger partial charge in [0, 0.05) is 25.4 Å². The van der Waals surface area contributed by atoms with Crippen LogP contribution in [0.5, 0.6) is 0 Å². The van der Waals surface area contributed by atoms with Gasteiger partial charge in [0.2, 0.25) is 0 Å². The summed E-state index contributed by atoms with van der Waals surface area (Å²) in [7, 11) is 0. The molecule has 100 valence electrons. The van der Waals surface area contributed by atoms with Crippen LogP contribution in [0.4, 0.5) is 0 Å². The Morgan fingerprint density at radius 1 is 1.44 bits per heavy atom.